The molecule has 0 spiro atoms. The largest absolute Gasteiger partial charge is 0.497 e. The monoisotopic (exact) mass is 416 g/mol. The van der Waals surface area contributed by atoms with Crippen LogP contribution in [0.4, 0.5) is 0 Å². The maximum Gasteiger partial charge on any atom is 0.214 e. The van der Waals surface area contributed by atoms with E-state index >= 15 is 0 Å². The Bertz CT molecular complexity index is 1130. The number of hydrogen-bond donors (Lipinski definition) is 0. The molecule has 0 unspecified atom stereocenters. The van der Waals surface area contributed by atoms with Crippen molar-refractivity contribution in [2.45, 2.75) is 18.7 Å². The summed E-state index contributed by atoms with van der Waals surface area (Å²) in [5.41, 5.74) is 4.13. The van der Waals surface area contributed by atoms with E-state index in [2.05, 4.69) is 11.1 Å². The van der Waals surface area contributed by atoms with Crippen LogP contribution in [0, 0.1) is 0 Å². The lowest BCUT2D eigenvalue weighted by Gasteiger charge is -2.38. The fourth-order valence-electron chi connectivity index (χ4n) is 4.22. The zero-order valence-corrected chi connectivity index (χ0v) is 17.7. The molecular weight excluding hydrogens is 392 g/mol. The summed E-state index contributed by atoms with van der Waals surface area (Å²) in [7, 11) is 5.00. The second kappa shape index (κ2) is 7.87. The maximum atomic E-state index is 6.49. The molecule has 0 amide bonds. The third-order valence-corrected chi connectivity index (χ3v) is 5.80. The molecule has 3 aromatic carbocycles. The molecular formula is C25H24N2O4. The van der Waals surface area contributed by atoms with Gasteiger partial charge in [0.15, 0.2) is 11.5 Å². The molecule has 2 heterocycles. The number of benzene rings is 3. The Kier molecular flexibility index (Phi) is 4.90. The highest BCUT2D eigenvalue weighted by Gasteiger charge is 2.42. The molecule has 0 radical (unpaired) electrons. The molecule has 0 aliphatic carbocycles. The summed E-state index contributed by atoms with van der Waals surface area (Å²) in [6.45, 7) is 0. The highest BCUT2D eigenvalue weighted by molar-refractivity contribution is 6.02. The van der Waals surface area contributed by atoms with E-state index in [-0.39, 0.29) is 12.3 Å². The summed E-state index contributed by atoms with van der Waals surface area (Å²) in [5.74, 6) is 3.10. The fourth-order valence-corrected chi connectivity index (χ4v) is 4.22. The van der Waals surface area contributed by atoms with Crippen molar-refractivity contribution >= 4 is 5.71 Å². The molecule has 2 aliphatic heterocycles. The summed E-state index contributed by atoms with van der Waals surface area (Å²) in [6, 6.07) is 22.0. The zero-order valence-electron chi connectivity index (χ0n) is 17.7. The average molecular weight is 416 g/mol. The van der Waals surface area contributed by atoms with Crippen LogP contribution < -0.4 is 18.9 Å². The molecule has 2 aliphatic rings. The van der Waals surface area contributed by atoms with Crippen LogP contribution in [0.5, 0.6) is 23.0 Å². The van der Waals surface area contributed by atoms with E-state index in [1.807, 2.05) is 60.7 Å². The second-order valence-corrected chi connectivity index (χ2v) is 7.50. The van der Waals surface area contributed by atoms with Crippen molar-refractivity contribution in [3.05, 3.63) is 83.4 Å². The number of nitrogens with zero attached hydrogens (tertiary/aromatic N) is 2. The van der Waals surface area contributed by atoms with Crippen LogP contribution in [0.1, 0.15) is 35.4 Å². The number of rotatable bonds is 5. The van der Waals surface area contributed by atoms with Crippen LogP contribution in [0.15, 0.2) is 71.8 Å². The molecule has 158 valence electrons. The van der Waals surface area contributed by atoms with E-state index in [4.69, 9.17) is 24.0 Å². The van der Waals surface area contributed by atoms with Gasteiger partial charge in [0.25, 0.3) is 0 Å². The van der Waals surface area contributed by atoms with Gasteiger partial charge in [-0.1, -0.05) is 24.3 Å². The van der Waals surface area contributed by atoms with Gasteiger partial charge in [-0.25, -0.2) is 5.01 Å². The van der Waals surface area contributed by atoms with Gasteiger partial charge in [-0.2, -0.15) is 5.10 Å². The number of ether oxygens (including phenoxy) is 4. The summed E-state index contributed by atoms with van der Waals surface area (Å²) < 4.78 is 22.8. The van der Waals surface area contributed by atoms with Crippen molar-refractivity contribution in [1.82, 2.24) is 5.01 Å². The first kappa shape index (κ1) is 19.3. The highest BCUT2D eigenvalue weighted by Crippen LogP contribution is 2.50. The minimum absolute atomic E-state index is 0.0483. The van der Waals surface area contributed by atoms with Gasteiger partial charge in [-0.3, -0.25) is 0 Å². The quantitative estimate of drug-likeness (QED) is 0.589. The fraction of sp³-hybridized carbons (Fsp3) is 0.240. The third kappa shape index (κ3) is 3.34. The Morgan fingerprint density at radius 1 is 0.871 bits per heavy atom. The first-order valence-electron chi connectivity index (χ1n) is 10.2. The summed E-state index contributed by atoms with van der Waals surface area (Å²) in [6.07, 6.45) is 0.385. The van der Waals surface area contributed by atoms with Crippen molar-refractivity contribution < 1.29 is 18.9 Å². The van der Waals surface area contributed by atoms with Crippen molar-refractivity contribution in [2.75, 3.05) is 21.3 Å². The van der Waals surface area contributed by atoms with Gasteiger partial charge in [0, 0.05) is 17.5 Å². The summed E-state index contributed by atoms with van der Waals surface area (Å²) >= 11 is 0. The topological polar surface area (TPSA) is 52.5 Å². The smallest absolute Gasteiger partial charge is 0.214 e. The van der Waals surface area contributed by atoms with Gasteiger partial charge in [0.2, 0.25) is 6.23 Å². The van der Waals surface area contributed by atoms with Crippen molar-refractivity contribution in [2.24, 2.45) is 5.10 Å². The lowest BCUT2D eigenvalue weighted by atomic mass is 9.95. The molecule has 5 rings (SSSR count). The van der Waals surface area contributed by atoms with Crippen LogP contribution in [-0.2, 0) is 0 Å². The van der Waals surface area contributed by atoms with Crippen molar-refractivity contribution in [1.29, 1.82) is 0 Å². The Morgan fingerprint density at radius 3 is 2.39 bits per heavy atom. The van der Waals surface area contributed by atoms with Gasteiger partial charge < -0.3 is 18.9 Å². The number of methoxy groups -OCH3 is 3. The van der Waals surface area contributed by atoms with E-state index < -0.39 is 0 Å². The summed E-state index contributed by atoms with van der Waals surface area (Å²) in [4.78, 5) is 0. The molecule has 0 aromatic heterocycles. The molecule has 0 saturated heterocycles. The maximum absolute atomic E-state index is 6.49. The minimum atomic E-state index is -0.389. The molecule has 6 heteroatoms. The number of fused-ring (bicyclic) bond motifs is 3. The van der Waals surface area contributed by atoms with Gasteiger partial charge >= 0.3 is 0 Å². The first-order chi connectivity index (χ1) is 15.2. The lowest BCUT2D eigenvalue weighted by molar-refractivity contribution is -0.0210. The normalized spacial score (nSPS) is 19.1. The molecule has 6 nitrogen and oxygen atoms in total. The average Bonchev–Trinajstić information content (AvgIpc) is 3.29. The Morgan fingerprint density at radius 2 is 1.65 bits per heavy atom. The second-order valence-electron chi connectivity index (χ2n) is 7.50. The van der Waals surface area contributed by atoms with Crippen molar-refractivity contribution in [3.8, 4) is 23.0 Å². The molecule has 0 N–H and O–H groups in total. The lowest BCUT2D eigenvalue weighted by Crippen LogP contribution is -2.33. The standard InChI is InChI=1S/C25H24N2O4/c1-28-18-12-10-16(11-13-18)21-15-22-20-8-5-9-23(30-3)24(20)31-25(27(22)26-21)17-6-4-7-19(14-17)29-2/h4-14,22,25H,15H2,1-3H3/t22-,25-/m1/s1. The van der Waals surface area contributed by atoms with Gasteiger partial charge in [0.05, 0.1) is 33.1 Å². The van der Waals surface area contributed by atoms with Crippen molar-refractivity contribution in [3.63, 3.8) is 0 Å². The first-order valence-corrected chi connectivity index (χ1v) is 10.2. The van der Waals surface area contributed by atoms with E-state index in [1.165, 1.54) is 0 Å². The zero-order chi connectivity index (χ0) is 21.4. The molecule has 2 atom stereocenters. The Hall–Kier alpha value is -3.67. The van der Waals surface area contributed by atoms with Crippen LogP contribution in [0.25, 0.3) is 0 Å². The van der Waals surface area contributed by atoms with E-state index in [0.29, 0.717) is 0 Å². The Balaban J connectivity index is 1.59. The van der Waals surface area contributed by atoms with Gasteiger partial charge in [-0.15, -0.1) is 0 Å². The summed E-state index contributed by atoms with van der Waals surface area (Å²) in [5, 5.41) is 7.06. The van der Waals surface area contributed by atoms with Crippen LogP contribution in [-0.4, -0.2) is 32.0 Å². The van der Waals surface area contributed by atoms with Crippen LogP contribution in [0.3, 0.4) is 0 Å². The predicted molar refractivity (Wildman–Crippen MR) is 118 cm³/mol. The molecule has 0 bridgehead atoms. The Labute approximate surface area is 181 Å². The molecule has 3 aromatic rings. The number of para-hydroxylation sites is 1. The molecule has 0 fully saturated rings. The number of hydrazone groups is 1. The van der Waals surface area contributed by atoms with E-state index in [1.54, 1.807) is 21.3 Å². The van der Waals surface area contributed by atoms with E-state index in [0.717, 1.165) is 51.8 Å². The van der Waals surface area contributed by atoms with Gasteiger partial charge in [0.1, 0.15) is 11.5 Å². The molecule has 31 heavy (non-hydrogen) atoms. The highest BCUT2D eigenvalue weighted by atomic mass is 16.5. The minimum Gasteiger partial charge on any atom is -0.497 e. The number of hydrogen-bond acceptors (Lipinski definition) is 6. The SMILES string of the molecule is COc1ccc(C2=NN3[C@H](C2)c2cccc(OC)c2O[C@@H]3c2cccc(OC)c2)cc1. The van der Waals surface area contributed by atoms with Crippen LogP contribution in [0.2, 0.25) is 0 Å². The molecule has 0 saturated carbocycles. The third-order valence-electron chi connectivity index (χ3n) is 5.80. The predicted octanol–water partition coefficient (Wildman–Crippen LogP) is 4.95. The van der Waals surface area contributed by atoms with Crippen LogP contribution >= 0.6 is 0 Å². The van der Waals surface area contributed by atoms with E-state index in [9.17, 15) is 0 Å². The van der Waals surface area contributed by atoms with Gasteiger partial charge in [-0.05, 0) is 48.0 Å².